The summed E-state index contributed by atoms with van der Waals surface area (Å²) in [5.41, 5.74) is 0.798. The third-order valence-corrected chi connectivity index (χ3v) is 3.88. The maximum Gasteiger partial charge on any atom is 0.115 e. The lowest BCUT2D eigenvalue weighted by Gasteiger charge is -2.33. The van der Waals surface area contributed by atoms with Gasteiger partial charge in [0.2, 0.25) is 0 Å². The highest BCUT2D eigenvalue weighted by Gasteiger charge is 2.47. The second-order valence-corrected chi connectivity index (χ2v) is 4.87. The van der Waals surface area contributed by atoms with Gasteiger partial charge < -0.3 is 14.6 Å². The van der Waals surface area contributed by atoms with Gasteiger partial charge in [-0.2, -0.15) is 0 Å². The van der Waals surface area contributed by atoms with E-state index >= 15 is 0 Å². The van der Waals surface area contributed by atoms with Gasteiger partial charge in [-0.15, -0.1) is 0 Å². The molecule has 18 heavy (non-hydrogen) atoms. The van der Waals surface area contributed by atoms with Gasteiger partial charge in [0.1, 0.15) is 12.2 Å². The first-order chi connectivity index (χ1) is 8.72. The van der Waals surface area contributed by atoms with Gasteiger partial charge in [-0.3, -0.25) is 0 Å². The Morgan fingerprint density at radius 3 is 2.56 bits per heavy atom. The minimum atomic E-state index is -0.520. The van der Waals surface area contributed by atoms with Gasteiger partial charge >= 0.3 is 0 Å². The molecular weight excluding hydrogens is 228 g/mol. The number of hydrogen-bond acceptors (Lipinski definition) is 3. The fraction of sp³-hybridized carbons (Fsp3) is 0.600. The fourth-order valence-corrected chi connectivity index (χ4v) is 2.65. The molecule has 1 unspecified atom stereocenters. The Morgan fingerprint density at radius 2 is 1.94 bits per heavy atom. The van der Waals surface area contributed by atoms with Crippen LogP contribution in [0.5, 0.6) is 0 Å². The van der Waals surface area contributed by atoms with Gasteiger partial charge in [0.25, 0.3) is 0 Å². The van der Waals surface area contributed by atoms with Crippen molar-refractivity contribution < 1.29 is 14.6 Å². The van der Waals surface area contributed by atoms with Crippen molar-refractivity contribution in [3.8, 4) is 0 Å². The highest BCUT2D eigenvalue weighted by Crippen LogP contribution is 2.35. The number of aliphatic hydroxyl groups excluding tert-OH is 1. The predicted octanol–water partition coefficient (Wildman–Crippen LogP) is 2.52. The first-order valence-corrected chi connectivity index (χ1v) is 6.69. The molecule has 2 atom stereocenters. The molecular formula is C15H22O3. The van der Waals surface area contributed by atoms with Crippen LogP contribution in [0.25, 0.3) is 0 Å². The van der Waals surface area contributed by atoms with Crippen LogP contribution in [0, 0.1) is 0 Å². The zero-order valence-corrected chi connectivity index (χ0v) is 11.1. The molecule has 0 saturated carbocycles. The van der Waals surface area contributed by atoms with Crippen molar-refractivity contribution in [2.75, 3.05) is 6.61 Å². The van der Waals surface area contributed by atoms with E-state index in [1.165, 1.54) is 0 Å². The van der Waals surface area contributed by atoms with E-state index in [1.807, 2.05) is 30.3 Å². The highest BCUT2D eigenvalue weighted by molar-refractivity contribution is 5.13. The maximum absolute atomic E-state index is 10.0. The van der Waals surface area contributed by atoms with Crippen molar-refractivity contribution in [3.63, 3.8) is 0 Å². The predicted molar refractivity (Wildman–Crippen MR) is 70.3 cm³/mol. The molecule has 1 fully saturated rings. The lowest BCUT2D eigenvalue weighted by molar-refractivity contribution is -0.108. The van der Waals surface area contributed by atoms with Crippen molar-refractivity contribution in [2.24, 2.45) is 0 Å². The first-order valence-electron chi connectivity index (χ1n) is 6.69. The van der Waals surface area contributed by atoms with Crippen LogP contribution >= 0.6 is 0 Å². The monoisotopic (exact) mass is 250 g/mol. The van der Waals surface area contributed by atoms with Crippen LogP contribution < -0.4 is 0 Å². The first kappa shape index (κ1) is 13.5. The Kier molecular flexibility index (Phi) is 4.38. The van der Waals surface area contributed by atoms with Gasteiger partial charge in [0.15, 0.2) is 0 Å². The molecule has 0 radical (unpaired) electrons. The lowest BCUT2D eigenvalue weighted by atomic mass is 9.90. The van der Waals surface area contributed by atoms with Crippen LogP contribution in [-0.2, 0) is 16.1 Å². The average Bonchev–Trinajstić information content (AvgIpc) is 2.75. The van der Waals surface area contributed by atoms with E-state index in [-0.39, 0.29) is 11.7 Å². The summed E-state index contributed by atoms with van der Waals surface area (Å²) in [5, 5.41) is 10.0. The Hall–Kier alpha value is -0.900. The third-order valence-electron chi connectivity index (χ3n) is 3.88. The van der Waals surface area contributed by atoms with Crippen LogP contribution in [0.4, 0.5) is 0 Å². The molecule has 1 aromatic rings. The van der Waals surface area contributed by atoms with E-state index in [9.17, 15) is 5.11 Å². The fourth-order valence-electron chi connectivity index (χ4n) is 2.65. The number of ether oxygens (including phenoxy) is 2. The van der Waals surface area contributed by atoms with Crippen LogP contribution in [0.1, 0.15) is 32.3 Å². The summed E-state index contributed by atoms with van der Waals surface area (Å²) in [6.07, 6.45) is 0.973. The Balaban J connectivity index is 2.02. The summed E-state index contributed by atoms with van der Waals surface area (Å²) >= 11 is 0. The largest absolute Gasteiger partial charge is 0.388 e. The molecule has 100 valence electrons. The molecule has 1 aliphatic rings. The lowest BCUT2D eigenvalue weighted by Crippen LogP contribution is -2.44. The summed E-state index contributed by atoms with van der Waals surface area (Å²) in [6, 6.07) is 10.0. The summed E-state index contributed by atoms with van der Waals surface area (Å²) in [6.45, 7) is 5.07. The van der Waals surface area contributed by atoms with Crippen molar-refractivity contribution in [1.82, 2.24) is 0 Å². The Bertz CT molecular complexity index is 359. The molecule has 0 aliphatic carbocycles. The minimum Gasteiger partial charge on any atom is -0.388 e. The Morgan fingerprint density at radius 1 is 1.28 bits per heavy atom. The number of rotatable bonds is 5. The van der Waals surface area contributed by atoms with Crippen LogP contribution in [-0.4, -0.2) is 29.5 Å². The molecule has 0 bridgehead atoms. The van der Waals surface area contributed by atoms with Gasteiger partial charge in [0.05, 0.1) is 18.8 Å². The molecule has 1 saturated heterocycles. The summed E-state index contributed by atoms with van der Waals surface area (Å²) < 4.78 is 11.7. The Labute approximate surface area is 109 Å². The maximum atomic E-state index is 10.0. The van der Waals surface area contributed by atoms with E-state index in [2.05, 4.69) is 13.8 Å². The average molecular weight is 250 g/mol. The SMILES string of the molecule is CCC1(CC)OC[C@@H](O)C1OCc1ccccc1. The standard InChI is InChI=1S/C15H22O3/c1-3-15(4-2)14(13(16)11-18-15)17-10-12-8-6-5-7-9-12/h5-9,13-14,16H,3-4,10-11H2,1-2H3/t13-,14?/m1/s1. The van der Waals surface area contributed by atoms with E-state index in [0.29, 0.717) is 13.2 Å². The molecule has 3 heteroatoms. The second-order valence-electron chi connectivity index (χ2n) is 4.87. The van der Waals surface area contributed by atoms with Crippen molar-refractivity contribution in [2.45, 2.75) is 51.1 Å². The van der Waals surface area contributed by atoms with Gasteiger partial charge in [-0.25, -0.2) is 0 Å². The molecule has 0 aromatic heterocycles. The molecule has 1 aliphatic heterocycles. The zero-order chi connectivity index (χ0) is 13.0. The quantitative estimate of drug-likeness (QED) is 0.872. The molecule has 3 nitrogen and oxygen atoms in total. The van der Waals surface area contributed by atoms with Gasteiger partial charge in [-0.05, 0) is 18.4 Å². The van der Waals surface area contributed by atoms with Crippen LogP contribution in [0.2, 0.25) is 0 Å². The molecule has 0 spiro atoms. The summed E-state index contributed by atoms with van der Waals surface area (Å²) in [4.78, 5) is 0. The molecule has 2 rings (SSSR count). The smallest absolute Gasteiger partial charge is 0.115 e. The number of benzene rings is 1. The van der Waals surface area contributed by atoms with Crippen molar-refractivity contribution in [1.29, 1.82) is 0 Å². The topological polar surface area (TPSA) is 38.7 Å². The van der Waals surface area contributed by atoms with Crippen LogP contribution in [0.3, 0.4) is 0 Å². The molecule has 1 aromatic carbocycles. The normalized spacial score (nSPS) is 26.4. The summed E-state index contributed by atoms with van der Waals surface area (Å²) in [7, 11) is 0. The number of hydrogen-bond donors (Lipinski definition) is 1. The third kappa shape index (κ3) is 2.58. The van der Waals surface area contributed by atoms with Gasteiger partial charge in [0, 0.05) is 0 Å². The van der Waals surface area contributed by atoms with E-state index < -0.39 is 6.10 Å². The zero-order valence-electron chi connectivity index (χ0n) is 11.1. The van der Waals surface area contributed by atoms with E-state index in [4.69, 9.17) is 9.47 Å². The van der Waals surface area contributed by atoms with E-state index in [0.717, 1.165) is 18.4 Å². The minimum absolute atomic E-state index is 0.229. The summed E-state index contributed by atoms with van der Waals surface area (Å²) in [5.74, 6) is 0. The number of aliphatic hydroxyl groups is 1. The van der Waals surface area contributed by atoms with Crippen LogP contribution in [0.15, 0.2) is 30.3 Å². The highest BCUT2D eigenvalue weighted by atomic mass is 16.6. The van der Waals surface area contributed by atoms with Crippen molar-refractivity contribution in [3.05, 3.63) is 35.9 Å². The van der Waals surface area contributed by atoms with Crippen molar-refractivity contribution >= 4 is 0 Å². The molecule has 1 N–H and O–H groups in total. The van der Waals surface area contributed by atoms with Gasteiger partial charge in [-0.1, -0.05) is 44.2 Å². The second kappa shape index (κ2) is 5.83. The van der Waals surface area contributed by atoms with E-state index in [1.54, 1.807) is 0 Å². The molecule has 1 heterocycles. The molecule has 0 amide bonds.